The van der Waals surface area contributed by atoms with Crippen molar-refractivity contribution in [1.82, 2.24) is 20.9 Å². The van der Waals surface area contributed by atoms with E-state index in [2.05, 4.69) is 16.0 Å². The zero-order valence-corrected chi connectivity index (χ0v) is 34.9. The number of carbonyl (C=O) groups is 5. The zero-order valence-electron chi connectivity index (χ0n) is 34.1. The van der Waals surface area contributed by atoms with E-state index in [1.165, 1.54) is 18.2 Å². The van der Waals surface area contributed by atoms with E-state index in [0.717, 1.165) is 39.0 Å². The third-order valence-corrected chi connectivity index (χ3v) is 12.4. The summed E-state index contributed by atoms with van der Waals surface area (Å²) in [5.74, 6) is -5.23. The Hall–Kier alpha value is -4.34. The summed E-state index contributed by atoms with van der Waals surface area (Å²) in [4.78, 5) is 71.4. The number of nitrogens with one attached hydrogen (secondary N) is 3. The molecule has 15 heteroatoms. The minimum atomic E-state index is -4.10. The number of hydrogen-bond acceptors (Lipinski definition) is 10. The molecule has 4 rings (SSSR count). The molecule has 2 aromatic carbocycles. The second kappa shape index (κ2) is 19.4. The highest BCUT2D eigenvalue weighted by Crippen LogP contribution is 2.45. The highest BCUT2D eigenvalue weighted by molar-refractivity contribution is 7.91. The standard InChI is InChI=1S/C42H61N5O9S/c1-27(2)24-44-37(50)23-35(49)34(22-30-17-11-8-12-18-30)46-39(52)42(26-45-40(53)56-41(4,5)6,32-25-57(54,55)36-20-14-13-19-31(32)36)47(28(3)48)38(51)33(43)21-29-15-9-7-10-16-29/h7,9-10,13-16,19-20,27,30,32-35,49H,8,11-12,17-18,21-26,43H2,1-6H3,(H,44,50)(H,45,53)(H,46,52)/t32?,33-,34-,35-,42+/m0/s1. The van der Waals surface area contributed by atoms with Gasteiger partial charge in [0, 0.05) is 19.4 Å². The molecule has 1 fully saturated rings. The molecule has 6 N–H and O–H groups in total. The van der Waals surface area contributed by atoms with Crippen LogP contribution in [0.3, 0.4) is 0 Å². The van der Waals surface area contributed by atoms with Crippen LogP contribution in [0, 0.1) is 11.8 Å². The highest BCUT2D eigenvalue weighted by Gasteiger charge is 2.60. The number of fused-ring (bicyclic) bond motifs is 1. The van der Waals surface area contributed by atoms with E-state index in [9.17, 15) is 32.7 Å². The molecule has 14 nitrogen and oxygen atoms in total. The van der Waals surface area contributed by atoms with Gasteiger partial charge in [-0.1, -0.05) is 94.5 Å². The van der Waals surface area contributed by atoms with Crippen LogP contribution in [0.5, 0.6) is 0 Å². The van der Waals surface area contributed by atoms with Crippen LogP contribution in [0.2, 0.25) is 0 Å². The molecule has 0 radical (unpaired) electrons. The summed E-state index contributed by atoms with van der Waals surface area (Å²) in [7, 11) is -4.10. The number of rotatable bonds is 16. The molecular weight excluding hydrogens is 751 g/mol. The molecule has 0 aromatic heterocycles. The van der Waals surface area contributed by atoms with Crippen LogP contribution < -0.4 is 21.7 Å². The first-order valence-corrected chi connectivity index (χ1v) is 21.6. The van der Waals surface area contributed by atoms with E-state index in [1.54, 1.807) is 57.2 Å². The van der Waals surface area contributed by atoms with Crippen LogP contribution in [0.4, 0.5) is 4.79 Å². The largest absolute Gasteiger partial charge is 0.444 e. The van der Waals surface area contributed by atoms with E-state index in [0.29, 0.717) is 17.0 Å². The van der Waals surface area contributed by atoms with E-state index < -0.39 is 87.1 Å². The number of nitrogens with two attached hydrogens (primary N) is 1. The number of hydrogen-bond donors (Lipinski definition) is 5. The number of amides is 5. The van der Waals surface area contributed by atoms with Crippen molar-refractivity contribution < 1.29 is 42.2 Å². The van der Waals surface area contributed by atoms with Gasteiger partial charge in [-0.05, 0) is 62.6 Å². The lowest BCUT2D eigenvalue weighted by Crippen LogP contribution is -2.72. The van der Waals surface area contributed by atoms with Gasteiger partial charge in [0.15, 0.2) is 15.4 Å². The van der Waals surface area contributed by atoms with Crippen molar-refractivity contribution in [3.05, 3.63) is 65.7 Å². The number of carbonyl (C=O) groups excluding carboxylic acids is 5. The average Bonchev–Trinajstić information content (AvgIpc) is 3.42. The number of aliphatic hydroxyl groups is 1. The molecule has 1 aliphatic carbocycles. The topological polar surface area (TPSA) is 214 Å². The van der Waals surface area contributed by atoms with Gasteiger partial charge in [0.25, 0.3) is 0 Å². The van der Waals surface area contributed by atoms with Gasteiger partial charge in [-0.3, -0.25) is 24.1 Å². The SMILES string of the molecule is CC(=O)N(C(=O)[C@@H](N)Cc1ccccc1)[C@@](CNC(=O)OC(C)(C)C)(C(=O)N[C@@H](CC1CCCCC1)[C@@H](O)CC(=O)NCC(C)C)C1CS(=O)(=O)c2ccccc21. The Balaban J connectivity index is 1.91. The average molecular weight is 812 g/mol. The molecular formula is C42H61N5O9S. The molecule has 1 unspecified atom stereocenters. The molecule has 0 spiro atoms. The number of sulfone groups is 1. The molecule has 2 aromatic rings. The van der Waals surface area contributed by atoms with Crippen LogP contribution in [-0.2, 0) is 40.2 Å². The van der Waals surface area contributed by atoms with Crippen molar-refractivity contribution in [1.29, 1.82) is 0 Å². The van der Waals surface area contributed by atoms with Gasteiger partial charge in [-0.25, -0.2) is 13.2 Å². The first kappa shape index (κ1) is 45.4. The third kappa shape index (κ3) is 11.9. The monoisotopic (exact) mass is 811 g/mol. The third-order valence-electron chi connectivity index (χ3n) is 10.6. The summed E-state index contributed by atoms with van der Waals surface area (Å²) in [6, 6.07) is 12.4. The van der Waals surface area contributed by atoms with Crippen LogP contribution in [0.15, 0.2) is 59.5 Å². The van der Waals surface area contributed by atoms with Gasteiger partial charge in [0.05, 0.1) is 41.8 Å². The minimum absolute atomic E-state index is 0.0330. The smallest absolute Gasteiger partial charge is 0.407 e. The maximum Gasteiger partial charge on any atom is 0.407 e. The second-order valence-corrected chi connectivity index (χ2v) is 18.9. The number of nitrogens with zero attached hydrogens (tertiary/aromatic N) is 1. The highest BCUT2D eigenvalue weighted by atomic mass is 32.2. The molecule has 1 saturated carbocycles. The van der Waals surface area contributed by atoms with Crippen molar-refractivity contribution in [2.24, 2.45) is 17.6 Å². The van der Waals surface area contributed by atoms with Crippen molar-refractivity contribution in [2.45, 2.75) is 133 Å². The minimum Gasteiger partial charge on any atom is -0.444 e. The maximum absolute atomic E-state index is 15.6. The van der Waals surface area contributed by atoms with Crippen molar-refractivity contribution in [2.75, 3.05) is 18.8 Å². The first-order chi connectivity index (χ1) is 26.7. The Labute approximate surface area is 337 Å². The van der Waals surface area contributed by atoms with Gasteiger partial charge >= 0.3 is 6.09 Å². The molecule has 0 bridgehead atoms. The predicted octanol–water partition coefficient (Wildman–Crippen LogP) is 3.74. The predicted molar refractivity (Wildman–Crippen MR) is 215 cm³/mol. The quantitative estimate of drug-likeness (QED) is 0.166. The molecule has 57 heavy (non-hydrogen) atoms. The molecule has 5 amide bonds. The van der Waals surface area contributed by atoms with Crippen LogP contribution >= 0.6 is 0 Å². The Bertz CT molecular complexity index is 1840. The Morgan fingerprint density at radius 2 is 1.58 bits per heavy atom. The molecule has 1 heterocycles. The molecule has 314 valence electrons. The Morgan fingerprint density at radius 3 is 2.19 bits per heavy atom. The lowest BCUT2D eigenvalue weighted by molar-refractivity contribution is -0.160. The van der Waals surface area contributed by atoms with Crippen molar-refractivity contribution in [3.63, 3.8) is 0 Å². The Kier molecular flexibility index (Phi) is 15.4. The van der Waals surface area contributed by atoms with E-state index in [-0.39, 0.29) is 41.6 Å². The van der Waals surface area contributed by atoms with Gasteiger partial charge in [-0.2, -0.15) is 0 Å². The van der Waals surface area contributed by atoms with Crippen molar-refractivity contribution >= 4 is 39.6 Å². The number of ether oxygens (including phenoxy) is 1. The number of benzene rings is 2. The lowest BCUT2D eigenvalue weighted by atomic mass is 9.76. The van der Waals surface area contributed by atoms with Crippen LogP contribution in [0.25, 0.3) is 0 Å². The Morgan fingerprint density at radius 1 is 0.947 bits per heavy atom. The van der Waals surface area contributed by atoms with E-state index >= 15 is 4.79 Å². The fraction of sp³-hybridized carbons (Fsp3) is 0.595. The summed E-state index contributed by atoms with van der Waals surface area (Å²) in [5.41, 5.74) is 3.93. The fourth-order valence-electron chi connectivity index (χ4n) is 7.93. The fourth-order valence-corrected chi connectivity index (χ4v) is 9.86. The molecule has 2 aliphatic rings. The van der Waals surface area contributed by atoms with Crippen LogP contribution in [0.1, 0.15) is 104 Å². The van der Waals surface area contributed by atoms with E-state index in [1.807, 2.05) is 13.8 Å². The second-order valence-electron chi connectivity index (χ2n) is 16.9. The zero-order chi connectivity index (χ0) is 42.1. The normalized spacial score (nSPS) is 19.3. The molecule has 0 saturated heterocycles. The summed E-state index contributed by atoms with van der Waals surface area (Å²) >= 11 is 0. The number of alkyl carbamates (subject to hydrolysis) is 1. The number of aliphatic hydroxyl groups excluding tert-OH is 1. The summed E-state index contributed by atoms with van der Waals surface area (Å²) < 4.78 is 33.3. The molecule has 1 aliphatic heterocycles. The van der Waals surface area contributed by atoms with Crippen LogP contribution in [-0.4, -0.2) is 96.3 Å². The van der Waals surface area contributed by atoms with Gasteiger partial charge < -0.3 is 31.5 Å². The van der Waals surface area contributed by atoms with Crippen molar-refractivity contribution in [3.8, 4) is 0 Å². The van der Waals surface area contributed by atoms with Gasteiger partial charge in [0.2, 0.25) is 23.6 Å². The van der Waals surface area contributed by atoms with E-state index in [4.69, 9.17) is 10.5 Å². The summed E-state index contributed by atoms with van der Waals surface area (Å²) in [6.45, 7) is 9.45. The van der Waals surface area contributed by atoms with Gasteiger partial charge in [0.1, 0.15) is 5.60 Å². The lowest BCUT2D eigenvalue weighted by Gasteiger charge is -2.46. The van der Waals surface area contributed by atoms with Gasteiger partial charge in [-0.15, -0.1) is 0 Å². The number of imide groups is 1. The first-order valence-electron chi connectivity index (χ1n) is 19.9. The maximum atomic E-state index is 15.6. The summed E-state index contributed by atoms with van der Waals surface area (Å²) in [6.07, 6.45) is 2.07. The molecule has 5 atom stereocenters. The summed E-state index contributed by atoms with van der Waals surface area (Å²) in [5, 5.41) is 20.0.